The van der Waals surface area contributed by atoms with Crippen molar-refractivity contribution in [3.8, 4) is 0 Å². The molecule has 0 radical (unpaired) electrons. The highest BCUT2D eigenvalue weighted by molar-refractivity contribution is 7.91. The molecule has 20 heavy (non-hydrogen) atoms. The maximum Gasteiger partial charge on any atom is 0.305 e. The number of rotatable bonds is 6. The molecular weight excluding hydrogens is 306 g/mol. The molecule has 2 N–H and O–H groups in total. The smallest absolute Gasteiger partial charge is 0.305 e. The Morgan fingerprint density at radius 3 is 2.20 bits per heavy atom. The zero-order chi connectivity index (χ0) is 15.6. The molecular formula is C11H15NO6S2. The van der Waals surface area contributed by atoms with Crippen LogP contribution in [0.2, 0.25) is 0 Å². The molecule has 112 valence electrons. The quantitative estimate of drug-likeness (QED) is 0.777. The standard InChI is InChI=1S/C11H15NO6S2/c1-19(15,16)8-3-4-9(12-6-5-11(13)14)10(7-8)20(2,17)18/h3-4,7,12H,5-6H2,1-2H3,(H,13,14). The predicted molar refractivity (Wildman–Crippen MR) is 73.4 cm³/mol. The zero-order valence-corrected chi connectivity index (χ0v) is 12.6. The van der Waals surface area contributed by atoms with Crippen molar-refractivity contribution < 1.29 is 26.7 Å². The Hall–Kier alpha value is -1.61. The first-order valence-electron chi connectivity index (χ1n) is 5.51. The molecule has 0 spiro atoms. The summed E-state index contributed by atoms with van der Waals surface area (Å²) in [6.07, 6.45) is 1.75. The number of aliphatic carboxylic acids is 1. The van der Waals surface area contributed by atoms with Crippen LogP contribution in [0, 0.1) is 0 Å². The van der Waals surface area contributed by atoms with Crippen LogP contribution < -0.4 is 5.32 Å². The van der Waals surface area contributed by atoms with Gasteiger partial charge in [0, 0.05) is 19.1 Å². The highest BCUT2D eigenvalue weighted by atomic mass is 32.2. The van der Waals surface area contributed by atoms with Crippen LogP contribution >= 0.6 is 0 Å². The second kappa shape index (κ2) is 5.80. The molecule has 0 aliphatic heterocycles. The third-order valence-corrected chi connectivity index (χ3v) is 4.68. The lowest BCUT2D eigenvalue weighted by Crippen LogP contribution is -2.11. The lowest BCUT2D eigenvalue weighted by Gasteiger charge is -2.11. The molecule has 1 aromatic rings. The van der Waals surface area contributed by atoms with Crippen molar-refractivity contribution >= 4 is 31.3 Å². The summed E-state index contributed by atoms with van der Waals surface area (Å²) in [6, 6.07) is 3.65. The minimum atomic E-state index is -3.64. The Morgan fingerprint density at radius 1 is 1.15 bits per heavy atom. The van der Waals surface area contributed by atoms with Crippen molar-refractivity contribution in [3.63, 3.8) is 0 Å². The van der Waals surface area contributed by atoms with E-state index in [9.17, 15) is 21.6 Å². The van der Waals surface area contributed by atoms with Crippen molar-refractivity contribution in [2.75, 3.05) is 24.4 Å². The largest absolute Gasteiger partial charge is 0.481 e. The molecule has 0 amide bonds. The van der Waals surface area contributed by atoms with E-state index in [1.165, 1.54) is 12.1 Å². The monoisotopic (exact) mass is 321 g/mol. The molecule has 0 aliphatic rings. The van der Waals surface area contributed by atoms with Gasteiger partial charge in [0.1, 0.15) is 0 Å². The topological polar surface area (TPSA) is 118 Å². The number of sulfone groups is 2. The third kappa shape index (κ3) is 4.49. The van der Waals surface area contributed by atoms with Crippen LogP contribution in [0.1, 0.15) is 6.42 Å². The van der Waals surface area contributed by atoms with Gasteiger partial charge in [-0.15, -0.1) is 0 Å². The second-order valence-corrected chi connectivity index (χ2v) is 8.27. The molecule has 1 aromatic carbocycles. The summed E-state index contributed by atoms with van der Waals surface area (Å²) in [4.78, 5) is 10.1. The van der Waals surface area contributed by atoms with Crippen molar-refractivity contribution in [2.45, 2.75) is 16.2 Å². The van der Waals surface area contributed by atoms with Crippen LogP contribution in [0.4, 0.5) is 5.69 Å². The molecule has 0 fully saturated rings. The van der Waals surface area contributed by atoms with Crippen molar-refractivity contribution in [1.29, 1.82) is 0 Å². The van der Waals surface area contributed by atoms with Gasteiger partial charge in [0.05, 0.1) is 21.9 Å². The van der Waals surface area contributed by atoms with Crippen molar-refractivity contribution in [3.05, 3.63) is 18.2 Å². The maximum absolute atomic E-state index is 11.7. The number of anilines is 1. The Morgan fingerprint density at radius 2 is 1.75 bits per heavy atom. The fourth-order valence-corrected chi connectivity index (χ4v) is 3.09. The second-order valence-electron chi connectivity index (χ2n) is 4.27. The van der Waals surface area contributed by atoms with E-state index in [1.54, 1.807) is 0 Å². The van der Waals surface area contributed by atoms with Gasteiger partial charge in [0.15, 0.2) is 19.7 Å². The van der Waals surface area contributed by atoms with Gasteiger partial charge in [-0.05, 0) is 18.2 Å². The first-order valence-corrected chi connectivity index (χ1v) is 9.30. The fourth-order valence-electron chi connectivity index (χ4n) is 1.49. The summed E-state index contributed by atoms with van der Waals surface area (Å²) in [5.74, 6) is -1.02. The van der Waals surface area contributed by atoms with Crippen LogP contribution in [0.3, 0.4) is 0 Å². The summed E-state index contributed by atoms with van der Waals surface area (Å²) in [5.41, 5.74) is 0.182. The normalized spacial score (nSPS) is 12.1. The minimum absolute atomic E-state index is 0.0378. The first kappa shape index (κ1) is 16.4. The summed E-state index contributed by atoms with van der Waals surface area (Å²) in [5, 5.41) is 11.2. The lowest BCUT2D eigenvalue weighted by molar-refractivity contribution is -0.136. The Kier molecular flexibility index (Phi) is 4.77. The summed E-state index contributed by atoms with van der Waals surface area (Å²) >= 11 is 0. The summed E-state index contributed by atoms with van der Waals surface area (Å²) in [7, 11) is -7.16. The molecule has 0 bridgehead atoms. The minimum Gasteiger partial charge on any atom is -0.481 e. The van der Waals surface area contributed by atoms with E-state index in [4.69, 9.17) is 5.11 Å². The number of carbonyl (C=O) groups is 1. The van der Waals surface area contributed by atoms with Gasteiger partial charge in [0.2, 0.25) is 0 Å². The van der Waals surface area contributed by atoms with Crippen LogP contribution in [0.25, 0.3) is 0 Å². The average molecular weight is 321 g/mol. The highest BCUT2D eigenvalue weighted by Crippen LogP contribution is 2.25. The van der Waals surface area contributed by atoms with E-state index >= 15 is 0 Å². The van der Waals surface area contributed by atoms with E-state index in [0.29, 0.717) is 0 Å². The number of hydrogen-bond acceptors (Lipinski definition) is 6. The third-order valence-electron chi connectivity index (χ3n) is 2.44. The van der Waals surface area contributed by atoms with Crippen LogP contribution in [0.15, 0.2) is 28.0 Å². The van der Waals surface area contributed by atoms with Gasteiger partial charge < -0.3 is 10.4 Å². The number of benzene rings is 1. The Labute approximate surface area is 117 Å². The molecule has 0 aromatic heterocycles. The van der Waals surface area contributed by atoms with Gasteiger partial charge in [0.25, 0.3) is 0 Å². The Bertz CT molecular complexity index is 721. The molecule has 1 rings (SSSR count). The van der Waals surface area contributed by atoms with E-state index < -0.39 is 25.6 Å². The number of hydrogen-bond donors (Lipinski definition) is 2. The van der Waals surface area contributed by atoms with E-state index in [-0.39, 0.29) is 28.4 Å². The van der Waals surface area contributed by atoms with Gasteiger partial charge in [-0.25, -0.2) is 16.8 Å². The fraction of sp³-hybridized carbons (Fsp3) is 0.364. The van der Waals surface area contributed by atoms with E-state index in [2.05, 4.69) is 5.32 Å². The number of nitrogens with one attached hydrogen (secondary N) is 1. The number of carboxylic acids is 1. The molecule has 0 saturated carbocycles. The molecule has 7 nitrogen and oxygen atoms in total. The molecule has 0 saturated heterocycles. The zero-order valence-electron chi connectivity index (χ0n) is 11.0. The van der Waals surface area contributed by atoms with Gasteiger partial charge in [-0.2, -0.15) is 0 Å². The SMILES string of the molecule is CS(=O)(=O)c1ccc(NCCC(=O)O)c(S(C)(=O)=O)c1. The molecule has 0 unspecified atom stereocenters. The van der Waals surface area contributed by atoms with E-state index in [0.717, 1.165) is 18.6 Å². The van der Waals surface area contributed by atoms with Crippen LogP contribution in [-0.4, -0.2) is 47.0 Å². The molecule has 0 atom stereocenters. The van der Waals surface area contributed by atoms with Crippen molar-refractivity contribution in [1.82, 2.24) is 0 Å². The van der Waals surface area contributed by atoms with Gasteiger partial charge >= 0.3 is 5.97 Å². The molecule has 0 heterocycles. The average Bonchev–Trinajstić information content (AvgIpc) is 2.25. The lowest BCUT2D eigenvalue weighted by atomic mass is 10.3. The van der Waals surface area contributed by atoms with Gasteiger partial charge in [-0.3, -0.25) is 4.79 Å². The van der Waals surface area contributed by atoms with E-state index in [1.807, 2.05) is 0 Å². The number of carboxylic acid groups (broad SMARTS) is 1. The Balaban J connectivity index is 3.22. The summed E-state index contributed by atoms with van der Waals surface area (Å²) < 4.78 is 46.2. The molecule has 9 heteroatoms. The first-order chi connectivity index (χ1) is 9.01. The predicted octanol–water partition coefficient (Wildman–Crippen LogP) is 0.380. The molecule has 0 aliphatic carbocycles. The van der Waals surface area contributed by atoms with Crippen molar-refractivity contribution in [2.24, 2.45) is 0 Å². The summed E-state index contributed by atoms with van der Waals surface area (Å²) in [6.45, 7) is 0.0378. The van der Waals surface area contributed by atoms with Gasteiger partial charge in [-0.1, -0.05) is 0 Å². The van der Waals surface area contributed by atoms with Crippen LogP contribution in [0.5, 0.6) is 0 Å². The highest BCUT2D eigenvalue weighted by Gasteiger charge is 2.17. The maximum atomic E-state index is 11.7. The van der Waals surface area contributed by atoms with Crippen LogP contribution in [-0.2, 0) is 24.5 Å².